The van der Waals surface area contributed by atoms with E-state index in [4.69, 9.17) is 5.11 Å². The first-order valence-electron chi connectivity index (χ1n) is 8.15. The normalized spacial score (nSPS) is 17.5. The van der Waals surface area contributed by atoms with Crippen molar-refractivity contribution in [3.8, 4) is 0 Å². The summed E-state index contributed by atoms with van der Waals surface area (Å²) in [5.41, 5.74) is 2.26. The molecule has 1 aliphatic rings. The third-order valence-corrected chi connectivity index (χ3v) is 6.34. The largest absolute Gasteiger partial charge is 0.480 e. The maximum atomic E-state index is 10.8. The Bertz CT molecular complexity index is 856. The van der Waals surface area contributed by atoms with Gasteiger partial charge in [-0.05, 0) is 34.9 Å². The van der Waals surface area contributed by atoms with E-state index >= 15 is 0 Å². The van der Waals surface area contributed by atoms with E-state index in [-0.39, 0.29) is 6.54 Å². The highest BCUT2D eigenvalue weighted by molar-refractivity contribution is 7.10. The van der Waals surface area contributed by atoms with Crippen LogP contribution in [0.15, 0.2) is 35.2 Å². The first kappa shape index (κ1) is 16.4. The number of fused-ring (bicyclic) bond motifs is 1. The van der Waals surface area contributed by atoms with Gasteiger partial charge in [0.2, 0.25) is 0 Å². The standard InChI is InChI=1S/C17H18N4O2S2/c22-16(23)11-21-10-12(18-19-21)3-6-20-7-4-14-13(5-9-25-14)17(20)15-2-1-8-24-15/h1-2,5,8-10,17H,3-4,6-7,11H2,(H,22,23). The summed E-state index contributed by atoms with van der Waals surface area (Å²) in [5, 5.41) is 21.1. The van der Waals surface area contributed by atoms with Crippen LogP contribution in [0.5, 0.6) is 0 Å². The maximum absolute atomic E-state index is 10.8. The van der Waals surface area contributed by atoms with Crippen molar-refractivity contribution in [2.45, 2.75) is 25.4 Å². The fourth-order valence-corrected chi connectivity index (χ4v) is 5.10. The Morgan fingerprint density at radius 2 is 2.24 bits per heavy atom. The molecule has 1 aliphatic heterocycles. The topological polar surface area (TPSA) is 71.2 Å². The molecule has 0 saturated carbocycles. The number of rotatable bonds is 6. The van der Waals surface area contributed by atoms with Gasteiger partial charge in [0.1, 0.15) is 6.54 Å². The van der Waals surface area contributed by atoms with Gasteiger partial charge in [0.25, 0.3) is 0 Å². The SMILES string of the molecule is O=C(O)Cn1cc(CCN2CCc3sccc3C2c2cccs2)nn1. The van der Waals surface area contributed by atoms with Crippen LogP contribution in [0.4, 0.5) is 0 Å². The second-order valence-electron chi connectivity index (χ2n) is 6.05. The van der Waals surface area contributed by atoms with E-state index < -0.39 is 5.97 Å². The van der Waals surface area contributed by atoms with Gasteiger partial charge in [0.05, 0.1) is 11.7 Å². The van der Waals surface area contributed by atoms with Gasteiger partial charge in [-0.3, -0.25) is 9.69 Å². The van der Waals surface area contributed by atoms with Crippen LogP contribution >= 0.6 is 22.7 Å². The highest BCUT2D eigenvalue weighted by Crippen LogP contribution is 2.39. The van der Waals surface area contributed by atoms with Crippen LogP contribution in [0.25, 0.3) is 0 Å². The average molecular weight is 374 g/mol. The van der Waals surface area contributed by atoms with Gasteiger partial charge in [-0.15, -0.1) is 27.8 Å². The Labute approximate surface area is 153 Å². The lowest BCUT2D eigenvalue weighted by Gasteiger charge is -2.35. The van der Waals surface area contributed by atoms with Gasteiger partial charge in [-0.1, -0.05) is 11.3 Å². The summed E-state index contributed by atoms with van der Waals surface area (Å²) >= 11 is 3.65. The van der Waals surface area contributed by atoms with Crippen LogP contribution < -0.4 is 0 Å². The van der Waals surface area contributed by atoms with Crippen molar-refractivity contribution in [1.29, 1.82) is 0 Å². The van der Waals surface area contributed by atoms with Crippen molar-refractivity contribution in [3.63, 3.8) is 0 Å². The van der Waals surface area contributed by atoms with Crippen molar-refractivity contribution in [3.05, 3.63) is 56.2 Å². The summed E-state index contributed by atoms with van der Waals surface area (Å²) in [4.78, 5) is 16.1. The molecular formula is C17H18N4O2S2. The van der Waals surface area contributed by atoms with E-state index in [0.717, 1.165) is 31.6 Å². The average Bonchev–Trinajstić information content (AvgIpc) is 3.33. The summed E-state index contributed by atoms with van der Waals surface area (Å²) in [5.74, 6) is -0.907. The number of carboxylic acid groups (broad SMARTS) is 1. The molecule has 0 saturated heterocycles. The molecule has 1 unspecified atom stereocenters. The van der Waals surface area contributed by atoms with E-state index in [2.05, 4.69) is 44.2 Å². The van der Waals surface area contributed by atoms with Crippen LogP contribution in [0.1, 0.15) is 27.1 Å². The number of aliphatic carboxylic acids is 1. The minimum atomic E-state index is -0.907. The number of carboxylic acids is 1. The molecule has 8 heteroatoms. The Morgan fingerprint density at radius 1 is 1.32 bits per heavy atom. The third kappa shape index (κ3) is 3.51. The molecule has 3 aromatic rings. The van der Waals surface area contributed by atoms with Crippen LogP contribution in [0, 0.1) is 0 Å². The van der Waals surface area contributed by atoms with Gasteiger partial charge in [0.15, 0.2) is 0 Å². The summed E-state index contributed by atoms with van der Waals surface area (Å²) in [6.07, 6.45) is 3.58. The van der Waals surface area contributed by atoms with Gasteiger partial charge in [0, 0.05) is 35.5 Å². The molecule has 0 aromatic carbocycles. The Hall–Kier alpha value is -2.03. The monoisotopic (exact) mass is 374 g/mol. The smallest absolute Gasteiger partial charge is 0.325 e. The third-order valence-electron chi connectivity index (χ3n) is 4.42. The van der Waals surface area contributed by atoms with Crippen molar-refractivity contribution in [2.75, 3.05) is 13.1 Å². The lowest BCUT2D eigenvalue weighted by Crippen LogP contribution is -2.36. The molecule has 6 nitrogen and oxygen atoms in total. The minimum Gasteiger partial charge on any atom is -0.480 e. The number of nitrogens with zero attached hydrogens (tertiary/aromatic N) is 4. The van der Waals surface area contributed by atoms with Crippen molar-refractivity contribution in [2.24, 2.45) is 0 Å². The molecular weight excluding hydrogens is 356 g/mol. The lowest BCUT2D eigenvalue weighted by atomic mass is 9.98. The number of aromatic nitrogens is 3. The van der Waals surface area contributed by atoms with Crippen molar-refractivity contribution in [1.82, 2.24) is 19.9 Å². The van der Waals surface area contributed by atoms with Gasteiger partial charge < -0.3 is 5.11 Å². The molecule has 3 aromatic heterocycles. The number of hydrogen-bond acceptors (Lipinski definition) is 6. The molecule has 4 heterocycles. The van der Waals surface area contributed by atoms with Crippen molar-refractivity contribution >= 4 is 28.6 Å². The summed E-state index contributed by atoms with van der Waals surface area (Å²) in [6.45, 7) is 1.76. The Balaban J connectivity index is 1.49. The molecule has 25 heavy (non-hydrogen) atoms. The first-order chi connectivity index (χ1) is 12.2. The van der Waals surface area contributed by atoms with E-state index in [1.165, 1.54) is 20.0 Å². The fourth-order valence-electron chi connectivity index (χ4n) is 3.32. The first-order valence-corrected chi connectivity index (χ1v) is 9.91. The second kappa shape index (κ2) is 7.07. The highest BCUT2D eigenvalue weighted by atomic mass is 32.1. The number of carbonyl (C=O) groups is 1. The molecule has 0 spiro atoms. The summed E-state index contributed by atoms with van der Waals surface area (Å²) in [6, 6.07) is 6.87. The molecule has 4 rings (SSSR count). The lowest BCUT2D eigenvalue weighted by molar-refractivity contribution is -0.137. The molecule has 1 atom stereocenters. The Kier molecular flexibility index (Phi) is 4.65. The summed E-state index contributed by atoms with van der Waals surface area (Å²) in [7, 11) is 0. The van der Waals surface area contributed by atoms with E-state index in [0.29, 0.717) is 6.04 Å². The van der Waals surface area contributed by atoms with Crippen LogP contribution in [-0.4, -0.2) is 44.1 Å². The van der Waals surface area contributed by atoms with Gasteiger partial charge in [-0.25, -0.2) is 4.68 Å². The fraction of sp³-hybridized carbons (Fsp3) is 0.353. The molecule has 130 valence electrons. The molecule has 0 bridgehead atoms. The molecule has 0 aliphatic carbocycles. The van der Waals surface area contributed by atoms with Gasteiger partial charge in [-0.2, -0.15) is 0 Å². The van der Waals surface area contributed by atoms with E-state index in [1.54, 1.807) is 17.5 Å². The predicted octanol–water partition coefficient (Wildman–Crippen LogP) is 2.68. The zero-order chi connectivity index (χ0) is 17.2. The quantitative estimate of drug-likeness (QED) is 0.718. The van der Waals surface area contributed by atoms with Crippen LogP contribution in [0.2, 0.25) is 0 Å². The molecule has 0 amide bonds. The molecule has 1 N–H and O–H groups in total. The summed E-state index contributed by atoms with van der Waals surface area (Å²) < 4.78 is 1.38. The van der Waals surface area contributed by atoms with Crippen molar-refractivity contribution < 1.29 is 9.90 Å². The predicted molar refractivity (Wildman–Crippen MR) is 97.1 cm³/mol. The van der Waals surface area contributed by atoms with E-state index in [1.807, 2.05) is 11.3 Å². The van der Waals surface area contributed by atoms with Gasteiger partial charge >= 0.3 is 5.97 Å². The number of hydrogen-bond donors (Lipinski definition) is 1. The van der Waals surface area contributed by atoms with E-state index in [9.17, 15) is 4.79 Å². The number of thiophene rings is 2. The molecule has 0 radical (unpaired) electrons. The van der Waals surface area contributed by atoms with Crippen LogP contribution in [0.3, 0.4) is 0 Å². The van der Waals surface area contributed by atoms with Crippen LogP contribution in [-0.2, 0) is 24.2 Å². The maximum Gasteiger partial charge on any atom is 0.325 e. The highest BCUT2D eigenvalue weighted by Gasteiger charge is 2.30. The zero-order valence-corrected chi connectivity index (χ0v) is 15.2. The molecule has 0 fully saturated rings. The Morgan fingerprint density at radius 3 is 3.04 bits per heavy atom. The zero-order valence-electron chi connectivity index (χ0n) is 13.5. The second-order valence-corrected chi connectivity index (χ2v) is 8.03. The minimum absolute atomic E-state index is 0.146.